The third-order valence-corrected chi connectivity index (χ3v) is 6.64. The van der Waals surface area contributed by atoms with Gasteiger partial charge in [-0.05, 0) is 29.8 Å². The van der Waals surface area contributed by atoms with Crippen molar-refractivity contribution in [2.45, 2.75) is 62.2 Å². The van der Waals surface area contributed by atoms with Crippen LogP contribution in [0.1, 0.15) is 30.1 Å². The molecule has 5 unspecified atom stereocenters. The summed E-state index contributed by atoms with van der Waals surface area (Å²) in [5.41, 5.74) is 1.47. The maximum Gasteiger partial charge on any atom is 0.306 e. The van der Waals surface area contributed by atoms with E-state index in [9.17, 15) is 30.0 Å². The molecule has 1 fully saturated rings. The van der Waals surface area contributed by atoms with E-state index < -0.39 is 54.9 Å². The molecule has 0 saturated carbocycles. The lowest BCUT2D eigenvalue weighted by atomic mass is 9.96. The molecule has 0 amide bonds. The Labute approximate surface area is 224 Å². The molecule has 2 aliphatic rings. The van der Waals surface area contributed by atoms with E-state index >= 15 is 0 Å². The van der Waals surface area contributed by atoms with Crippen molar-refractivity contribution in [3.05, 3.63) is 53.6 Å². The highest BCUT2D eigenvalue weighted by Gasteiger charge is 2.49. The van der Waals surface area contributed by atoms with Gasteiger partial charge < -0.3 is 48.8 Å². The van der Waals surface area contributed by atoms with Crippen LogP contribution in [-0.4, -0.2) is 90.0 Å². The van der Waals surface area contributed by atoms with Crippen molar-refractivity contribution >= 4 is 11.9 Å². The van der Waals surface area contributed by atoms with Gasteiger partial charge in [-0.2, -0.15) is 0 Å². The number of benzene rings is 2. The minimum atomic E-state index is -1.49. The molecular formula is C27H32O12. The molecule has 0 spiro atoms. The zero-order valence-corrected chi connectivity index (χ0v) is 21.5. The summed E-state index contributed by atoms with van der Waals surface area (Å²) in [7, 11) is 2.55. The number of rotatable bonds is 10. The minimum Gasteiger partial charge on any atom is -0.508 e. The second-order valence-electron chi connectivity index (χ2n) is 9.29. The number of aromatic hydroxyl groups is 2. The van der Waals surface area contributed by atoms with Crippen molar-refractivity contribution in [3.8, 4) is 17.2 Å². The van der Waals surface area contributed by atoms with Gasteiger partial charge in [-0.1, -0.05) is 12.1 Å². The minimum absolute atomic E-state index is 0.00739. The Morgan fingerprint density at radius 1 is 0.897 bits per heavy atom. The summed E-state index contributed by atoms with van der Waals surface area (Å²) < 4.78 is 33.1. The van der Waals surface area contributed by atoms with E-state index in [0.29, 0.717) is 17.7 Å². The molecule has 2 aromatic rings. The first-order valence-corrected chi connectivity index (χ1v) is 12.4. The van der Waals surface area contributed by atoms with Gasteiger partial charge in [-0.25, -0.2) is 0 Å². The monoisotopic (exact) mass is 548 g/mol. The first-order valence-electron chi connectivity index (χ1n) is 12.4. The van der Waals surface area contributed by atoms with Crippen LogP contribution in [0.15, 0.2) is 42.5 Å². The van der Waals surface area contributed by atoms with E-state index in [1.807, 2.05) is 0 Å². The van der Waals surface area contributed by atoms with E-state index in [4.69, 9.17) is 23.7 Å². The summed E-state index contributed by atoms with van der Waals surface area (Å²) in [4.78, 5) is 23.2. The average Bonchev–Trinajstić information content (AvgIpc) is 3.26. The van der Waals surface area contributed by atoms with Crippen molar-refractivity contribution in [2.75, 3.05) is 20.8 Å². The highest BCUT2D eigenvalue weighted by atomic mass is 16.7. The molecule has 39 heavy (non-hydrogen) atoms. The number of methoxy groups -OCH3 is 2. The summed E-state index contributed by atoms with van der Waals surface area (Å²) in [5.74, 6) is -0.727. The van der Waals surface area contributed by atoms with E-state index in [0.717, 1.165) is 5.56 Å². The summed E-state index contributed by atoms with van der Waals surface area (Å²) >= 11 is 0. The van der Waals surface area contributed by atoms with Crippen LogP contribution in [0.3, 0.4) is 0 Å². The van der Waals surface area contributed by atoms with Gasteiger partial charge in [0, 0.05) is 25.2 Å². The molecule has 0 aliphatic carbocycles. The van der Waals surface area contributed by atoms with Gasteiger partial charge in [0.15, 0.2) is 6.29 Å². The summed E-state index contributed by atoms with van der Waals surface area (Å²) in [6.45, 7) is -0.386. The normalized spacial score (nSPS) is 27.8. The molecule has 7 atom stereocenters. The molecule has 4 rings (SSSR count). The Balaban J connectivity index is 1.46. The van der Waals surface area contributed by atoms with Gasteiger partial charge in [-0.15, -0.1) is 0 Å². The van der Waals surface area contributed by atoms with Crippen LogP contribution >= 0.6 is 0 Å². The lowest BCUT2D eigenvalue weighted by Gasteiger charge is -2.42. The number of hydrogen-bond donors (Lipinski definition) is 4. The third kappa shape index (κ3) is 6.78. The fourth-order valence-electron chi connectivity index (χ4n) is 4.56. The molecule has 2 aliphatic heterocycles. The van der Waals surface area contributed by atoms with Gasteiger partial charge in [-0.3, -0.25) is 9.59 Å². The highest BCUT2D eigenvalue weighted by Crippen LogP contribution is 2.44. The largest absolute Gasteiger partial charge is 0.508 e. The Hall–Kier alpha value is -3.42. The van der Waals surface area contributed by atoms with Gasteiger partial charge in [0.1, 0.15) is 60.5 Å². The number of hydrogen-bond acceptors (Lipinski definition) is 12. The first-order chi connectivity index (χ1) is 18.7. The van der Waals surface area contributed by atoms with Crippen molar-refractivity contribution in [1.82, 2.24) is 0 Å². The van der Waals surface area contributed by atoms with Gasteiger partial charge in [0.05, 0.1) is 20.0 Å². The second-order valence-corrected chi connectivity index (χ2v) is 9.29. The smallest absolute Gasteiger partial charge is 0.306 e. The molecule has 1 saturated heterocycles. The molecule has 0 bridgehead atoms. The topological polar surface area (TPSA) is 170 Å². The zero-order valence-electron chi connectivity index (χ0n) is 21.5. The number of carbonyl (C=O) groups excluding carboxylic acids is 2. The predicted octanol–water partition coefficient (Wildman–Crippen LogP) is 1.12. The molecule has 12 heteroatoms. The third-order valence-electron chi connectivity index (χ3n) is 6.64. The van der Waals surface area contributed by atoms with E-state index in [2.05, 4.69) is 4.74 Å². The van der Waals surface area contributed by atoms with Crippen LogP contribution in [0.4, 0.5) is 0 Å². The van der Waals surface area contributed by atoms with Crippen molar-refractivity contribution in [3.63, 3.8) is 0 Å². The summed E-state index contributed by atoms with van der Waals surface area (Å²) in [6, 6.07) is 11.2. The number of fused-ring (bicyclic) bond motifs is 1. The van der Waals surface area contributed by atoms with Crippen LogP contribution in [0.2, 0.25) is 0 Å². The average molecular weight is 549 g/mol. The van der Waals surface area contributed by atoms with Crippen molar-refractivity contribution < 1.29 is 58.4 Å². The quantitative estimate of drug-likeness (QED) is 0.313. The Morgan fingerprint density at radius 3 is 2.28 bits per heavy atom. The van der Waals surface area contributed by atoms with Crippen LogP contribution in [-0.2, 0) is 39.7 Å². The molecule has 0 aromatic heterocycles. The van der Waals surface area contributed by atoms with Crippen LogP contribution < -0.4 is 4.74 Å². The van der Waals surface area contributed by atoms with Gasteiger partial charge in [0.25, 0.3) is 0 Å². The molecule has 0 radical (unpaired) electrons. The van der Waals surface area contributed by atoms with E-state index in [-0.39, 0.29) is 30.9 Å². The molecule has 12 nitrogen and oxygen atoms in total. The van der Waals surface area contributed by atoms with Crippen LogP contribution in [0, 0.1) is 0 Å². The zero-order chi connectivity index (χ0) is 28.1. The maximum absolute atomic E-state index is 12.0. The van der Waals surface area contributed by atoms with Gasteiger partial charge in [0.2, 0.25) is 0 Å². The number of ether oxygens (including phenoxy) is 6. The predicted molar refractivity (Wildman–Crippen MR) is 132 cm³/mol. The number of esters is 2. The molecule has 4 N–H and O–H groups in total. The molecule has 2 aromatic carbocycles. The molecular weight excluding hydrogens is 516 g/mol. The summed E-state index contributed by atoms with van der Waals surface area (Å²) in [5, 5.41) is 41.3. The van der Waals surface area contributed by atoms with E-state index in [1.54, 1.807) is 30.3 Å². The van der Waals surface area contributed by atoms with Crippen LogP contribution in [0.5, 0.6) is 17.2 Å². The van der Waals surface area contributed by atoms with Crippen LogP contribution in [0.25, 0.3) is 0 Å². The second kappa shape index (κ2) is 12.6. The number of aliphatic hydroxyl groups excluding tert-OH is 2. The SMILES string of the molecule is COC(=O)CCC(=O)OCC1OC(OC)C(O[C@H]2c3ccc(O)cc3O[C@@H]2Cc2ccc(O)cc2)C(O)C1O. The number of phenolic OH excluding ortho intramolecular Hbond substituents is 2. The van der Waals surface area contributed by atoms with Crippen molar-refractivity contribution in [1.29, 1.82) is 0 Å². The Kier molecular flexibility index (Phi) is 9.25. The number of phenols is 2. The fourth-order valence-corrected chi connectivity index (χ4v) is 4.56. The fraction of sp³-hybridized carbons (Fsp3) is 0.481. The standard InChI is InChI=1S/C27H32O12/c1-34-21(30)9-10-22(31)36-13-20-23(32)24(33)26(27(35-2)38-20)39-25-17-8-7-16(29)12-18(17)37-19(25)11-14-3-5-15(28)6-4-14/h3-8,12,19-20,23-29,32-33H,9-11,13H2,1-2H3/t19-,20?,23?,24?,25+,26?,27?/m1/s1. The number of carbonyl (C=O) groups is 2. The molecule has 2 heterocycles. The van der Waals surface area contributed by atoms with E-state index in [1.165, 1.54) is 26.4 Å². The van der Waals surface area contributed by atoms with Crippen molar-refractivity contribution in [2.24, 2.45) is 0 Å². The number of aliphatic hydroxyl groups is 2. The van der Waals surface area contributed by atoms with Gasteiger partial charge >= 0.3 is 11.9 Å². The summed E-state index contributed by atoms with van der Waals surface area (Å²) in [6.07, 6.45) is -7.73. The lowest BCUT2D eigenvalue weighted by molar-refractivity contribution is -0.313. The lowest BCUT2D eigenvalue weighted by Crippen LogP contribution is -2.60. The Bertz CT molecular complexity index is 1130. The highest BCUT2D eigenvalue weighted by molar-refractivity contribution is 5.77. The molecule has 212 valence electrons. The Morgan fingerprint density at radius 2 is 1.59 bits per heavy atom. The first kappa shape index (κ1) is 28.6. The maximum atomic E-state index is 12.0.